The number of halogens is 1. The van der Waals surface area contributed by atoms with Gasteiger partial charge in [-0.15, -0.1) is 11.3 Å². The maximum Gasteiger partial charge on any atom is 0.358 e. The summed E-state index contributed by atoms with van der Waals surface area (Å²) in [5, 5.41) is 14.6. The average molecular weight is 253 g/mol. The Hall–Kier alpha value is -1.95. The van der Waals surface area contributed by atoms with Crippen LogP contribution in [0.5, 0.6) is 0 Å². The molecule has 1 N–H and O–H groups in total. The van der Waals surface area contributed by atoms with E-state index in [0.29, 0.717) is 10.9 Å². The van der Waals surface area contributed by atoms with E-state index in [-0.39, 0.29) is 5.71 Å². The van der Waals surface area contributed by atoms with Crippen LogP contribution in [-0.2, 0) is 9.63 Å². The van der Waals surface area contributed by atoms with Gasteiger partial charge in [0.05, 0.1) is 0 Å². The Morgan fingerprint density at radius 1 is 1.53 bits per heavy atom. The van der Waals surface area contributed by atoms with Crippen LogP contribution in [0.25, 0.3) is 10.1 Å². The fourth-order valence-corrected chi connectivity index (χ4v) is 2.41. The summed E-state index contributed by atoms with van der Waals surface area (Å²) in [6, 6.07) is 4.22. The highest BCUT2D eigenvalue weighted by molar-refractivity contribution is 7.17. The smallest absolute Gasteiger partial charge is 0.358 e. The van der Waals surface area contributed by atoms with Gasteiger partial charge in [-0.25, -0.2) is 9.18 Å². The molecule has 0 fully saturated rings. The molecule has 17 heavy (non-hydrogen) atoms. The molecule has 6 heteroatoms. The summed E-state index contributed by atoms with van der Waals surface area (Å²) in [6.45, 7) is 0. The maximum absolute atomic E-state index is 13.1. The number of carboxylic acids is 1. The van der Waals surface area contributed by atoms with Crippen LogP contribution >= 0.6 is 11.3 Å². The monoisotopic (exact) mass is 253 g/mol. The lowest BCUT2D eigenvalue weighted by molar-refractivity contribution is -0.129. The summed E-state index contributed by atoms with van der Waals surface area (Å²) in [6.07, 6.45) is 0. The Balaban J connectivity index is 2.65. The van der Waals surface area contributed by atoms with Crippen molar-refractivity contribution in [2.45, 2.75) is 0 Å². The summed E-state index contributed by atoms with van der Waals surface area (Å²) < 4.78 is 13.9. The largest absolute Gasteiger partial charge is 0.476 e. The third-order valence-electron chi connectivity index (χ3n) is 2.18. The highest BCUT2D eigenvalue weighted by atomic mass is 32.1. The zero-order valence-corrected chi connectivity index (χ0v) is 9.62. The van der Waals surface area contributed by atoms with Gasteiger partial charge in [-0.1, -0.05) is 5.16 Å². The van der Waals surface area contributed by atoms with Gasteiger partial charge in [0.2, 0.25) is 0 Å². The first-order chi connectivity index (χ1) is 8.13. The van der Waals surface area contributed by atoms with E-state index in [1.807, 2.05) is 0 Å². The topological polar surface area (TPSA) is 58.9 Å². The van der Waals surface area contributed by atoms with Gasteiger partial charge in [-0.2, -0.15) is 0 Å². The van der Waals surface area contributed by atoms with E-state index >= 15 is 0 Å². The molecular weight excluding hydrogens is 245 g/mol. The van der Waals surface area contributed by atoms with Crippen molar-refractivity contribution in [2.75, 3.05) is 7.11 Å². The van der Waals surface area contributed by atoms with Crippen LogP contribution in [0, 0.1) is 5.82 Å². The van der Waals surface area contributed by atoms with Crippen molar-refractivity contribution in [1.29, 1.82) is 0 Å². The molecule has 0 saturated heterocycles. The van der Waals surface area contributed by atoms with Crippen LogP contribution in [0.4, 0.5) is 4.39 Å². The van der Waals surface area contributed by atoms with E-state index in [0.717, 1.165) is 4.70 Å². The van der Waals surface area contributed by atoms with Gasteiger partial charge in [0.15, 0.2) is 5.71 Å². The van der Waals surface area contributed by atoms with Gasteiger partial charge in [0.1, 0.15) is 12.9 Å². The van der Waals surface area contributed by atoms with Crippen molar-refractivity contribution in [2.24, 2.45) is 5.16 Å². The van der Waals surface area contributed by atoms with Crippen LogP contribution in [0.2, 0.25) is 0 Å². The molecule has 0 unspecified atom stereocenters. The molecule has 0 spiro atoms. The lowest BCUT2D eigenvalue weighted by Crippen LogP contribution is -2.14. The van der Waals surface area contributed by atoms with E-state index in [2.05, 4.69) is 9.99 Å². The summed E-state index contributed by atoms with van der Waals surface area (Å²) in [5.74, 6) is -1.63. The molecule has 2 aromatic rings. The normalized spacial score (nSPS) is 11.8. The number of oxime groups is 1. The summed E-state index contributed by atoms with van der Waals surface area (Å²) in [7, 11) is 1.26. The lowest BCUT2D eigenvalue weighted by Gasteiger charge is -1.99. The Morgan fingerprint density at radius 3 is 2.94 bits per heavy atom. The Bertz CT molecular complexity index is 606. The first-order valence-electron chi connectivity index (χ1n) is 4.65. The molecule has 0 bridgehead atoms. The van der Waals surface area contributed by atoms with E-state index < -0.39 is 11.8 Å². The number of fused-ring (bicyclic) bond motifs is 1. The predicted octanol–water partition coefficient (Wildman–Crippen LogP) is 2.48. The second kappa shape index (κ2) is 4.50. The third kappa shape index (κ3) is 2.12. The average Bonchev–Trinajstić information content (AvgIpc) is 2.68. The third-order valence-corrected chi connectivity index (χ3v) is 3.14. The molecule has 0 saturated carbocycles. The van der Waals surface area contributed by atoms with Crippen LogP contribution in [0.1, 0.15) is 5.56 Å². The number of carbonyl (C=O) groups is 1. The molecule has 0 atom stereocenters. The molecular formula is C11H8FNO3S. The number of carboxylic acid groups (broad SMARTS) is 1. The van der Waals surface area contributed by atoms with Crippen molar-refractivity contribution >= 4 is 33.1 Å². The molecule has 0 aliphatic rings. The van der Waals surface area contributed by atoms with Crippen molar-refractivity contribution < 1.29 is 19.1 Å². The Morgan fingerprint density at radius 2 is 2.29 bits per heavy atom. The summed E-state index contributed by atoms with van der Waals surface area (Å²) >= 11 is 1.33. The van der Waals surface area contributed by atoms with Crippen LogP contribution in [0.3, 0.4) is 0 Å². The van der Waals surface area contributed by atoms with E-state index in [9.17, 15) is 9.18 Å². The van der Waals surface area contributed by atoms with Gasteiger partial charge in [-0.05, 0) is 18.2 Å². The second-order valence-corrected chi connectivity index (χ2v) is 4.13. The van der Waals surface area contributed by atoms with Gasteiger partial charge in [0.25, 0.3) is 0 Å². The quantitative estimate of drug-likeness (QED) is 0.675. The molecule has 88 valence electrons. The lowest BCUT2D eigenvalue weighted by atomic mass is 10.1. The minimum Gasteiger partial charge on any atom is -0.476 e. The second-order valence-electron chi connectivity index (χ2n) is 3.22. The number of hydrogen-bond donors (Lipinski definition) is 1. The number of hydrogen-bond acceptors (Lipinski definition) is 4. The van der Waals surface area contributed by atoms with Gasteiger partial charge >= 0.3 is 5.97 Å². The fraction of sp³-hybridized carbons (Fsp3) is 0.0909. The predicted molar refractivity (Wildman–Crippen MR) is 63.0 cm³/mol. The van der Waals surface area contributed by atoms with Crippen molar-refractivity contribution in [3.63, 3.8) is 0 Å². The van der Waals surface area contributed by atoms with Gasteiger partial charge in [0, 0.05) is 21.0 Å². The molecule has 0 aliphatic heterocycles. The van der Waals surface area contributed by atoms with E-state index in [1.54, 1.807) is 11.4 Å². The minimum absolute atomic E-state index is 0.232. The standard InChI is InChI=1S/C11H8FNO3S/c1-16-13-10(11(14)15)8-5-17-9-3-2-6(12)4-7(8)9/h2-5H,1H3,(H,14,15). The first kappa shape index (κ1) is 11.5. The molecule has 0 amide bonds. The Kier molecular flexibility index (Phi) is 3.06. The number of benzene rings is 1. The van der Waals surface area contributed by atoms with Crippen molar-refractivity contribution in [3.8, 4) is 0 Å². The van der Waals surface area contributed by atoms with Gasteiger partial charge < -0.3 is 9.94 Å². The molecule has 2 rings (SSSR count). The zero-order valence-electron chi connectivity index (χ0n) is 8.81. The number of thiophene rings is 1. The fourth-order valence-electron chi connectivity index (χ4n) is 1.48. The molecule has 4 nitrogen and oxygen atoms in total. The minimum atomic E-state index is -1.21. The highest BCUT2D eigenvalue weighted by Crippen LogP contribution is 2.27. The number of aliphatic carboxylic acids is 1. The van der Waals surface area contributed by atoms with Crippen molar-refractivity contribution in [1.82, 2.24) is 0 Å². The van der Waals surface area contributed by atoms with Crippen LogP contribution in [0.15, 0.2) is 28.7 Å². The van der Waals surface area contributed by atoms with Gasteiger partial charge in [-0.3, -0.25) is 0 Å². The van der Waals surface area contributed by atoms with E-state index in [4.69, 9.17) is 5.11 Å². The van der Waals surface area contributed by atoms with Crippen LogP contribution in [-0.4, -0.2) is 23.9 Å². The summed E-state index contributed by atoms with van der Waals surface area (Å²) in [4.78, 5) is 15.5. The SMILES string of the molecule is CON=C(C(=O)O)c1csc2ccc(F)cc12. The first-order valence-corrected chi connectivity index (χ1v) is 5.53. The molecule has 1 heterocycles. The highest BCUT2D eigenvalue weighted by Gasteiger charge is 2.18. The van der Waals surface area contributed by atoms with Crippen molar-refractivity contribution in [3.05, 3.63) is 35.0 Å². The molecule has 0 aliphatic carbocycles. The zero-order chi connectivity index (χ0) is 12.4. The summed E-state index contributed by atoms with van der Waals surface area (Å²) in [5.41, 5.74) is 0.128. The number of nitrogens with zero attached hydrogens (tertiary/aromatic N) is 1. The van der Waals surface area contributed by atoms with E-state index in [1.165, 1.54) is 30.6 Å². The molecule has 0 radical (unpaired) electrons. The van der Waals surface area contributed by atoms with Crippen LogP contribution < -0.4 is 0 Å². The Labute approximate surface area is 99.9 Å². The molecule has 1 aromatic carbocycles. The molecule has 1 aromatic heterocycles. The maximum atomic E-state index is 13.1. The number of rotatable bonds is 3.